The van der Waals surface area contributed by atoms with E-state index in [9.17, 15) is 19.7 Å². The van der Waals surface area contributed by atoms with Crippen molar-refractivity contribution in [1.29, 1.82) is 5.26 Å². The zero-order valence-corrected chi connectivity index (χ0v) is 13.2. The fourth-order valence-electron chi connectivity index (χ4n) is 2.33. The number of nitrogens with zero attached hydrogens (tertiary/aromatic N) is 3. The topological polar surface area (TPSA) is 128 Å². The molecule has 3 aromatic rings. The Hall–Kier alpha value is -3.93. The number of rotatable bonds is 5. The molecular formula is C17H11N3O6. The number of benzene rings is 2. The minimum atomic E-state index is -0.809. The van der Waals surface area contributed by atoms with Crippen LogP contribution in [0.4, 0.5) is 5.69 Å². The molecule has 9 heteroatoms. The van der Waals surface area contributed by atoms with Gasteiger partial charge in [-0.2, -0.15) is 5.26 Å². The molecule has 1 aromatic heterocycles. The number of aromatic nitrogens is 1. The van der Waals surface area contributed by atoms with Crippen LogP contribution in [0.1, 0.15) is 11.1 Å². The monoisotopic (exact) mass is 353 g/mol. The zero-order valence-electron chi connectivity index (χ0n) is 13.2. The van der Waals surface area contributed by atoms with Crippen LogP contribution in [0.5, 0.6) is 0 Å². The number of fused-ring (bicyclic) bond motifs is 1. The van der Waals surface area contributed by atoms with E-state index in [1.54, 1.807) is 24.3 Å². The number of nitriles is 1. The number of hydrogen-bond acceptors (Lipinski definition) is 7. The highest BCUT2D eigenvalue weighted by Gasteiger charge is 2.16. The second-order valence-electron chi connectivity index (χ2n) is 5.33. The minimum absolute atomic E-state index is 0.0133. The van der Waals surface area contributed by atoms with Gasteiger partial charge in [0.1, 0.15) is 13.2 Å². The number of non-ortho nitro benzene ring substituents is 1. The largest absolute Gasteiger partial charge is 0.459 e. The number of carbonyl (C=O) groups is 1. The lowest BCUT2D eigenvalue weighted by Gasteiger charge is -2.05. The molecule has 0 aliphatic carbocycles. The Bertz CT molecular complexity index is 1090. The summed E-state index contributed by atoms with van der Waals surface area (Å²) in [6.07, 6.45) is 0. The van der Waals surface area contributed by atoms with Gasteiger partial charge in [-0.05, 0) is 23.8 Å². The molecule has 0 radical (unpaired) electrons. The maximum absolute atomic E-state index is 12.0. The van der Waals surface area contributed by atoms with E-state index in [-0.39, 0.29) is 29.9 Å². The maximum Gasteiger partial charge on any atom is 0.420 e. The van der Waals surface area contributed by atoms with Gasteiger partial charge in [0, 0.05) is 6.07 Å². The summed E-state index contributed by atoms with van der Waals surface area (Å²) in [4.78, 5) is 34.0. The van der Waals surface area contributed by atoms with Crippen LogP contribution in [0.3, 0.4) is 0 Å². The van der Waals surface area contributed by atoms with Gasteiger partial charge in [-0.1, -0.05) is 12.1 Å². The molecule has 3 rings (SSSR count). The van der Waals surface area contributed by atoms with Gasteiger partial charge in [-0.25, -0.2) is 4.79 Å². The van der Waals surface area contributed by atoms with E-state index in [0.29, 0.717) is 11.1 Å². The molecule has 0 fully saturated rings. The van der Waals surface area contributed by atoms with Crippen LogP contribution in [-0.4, -0.2) is 15.5 Å². The Morgan fingerprint density at radius 3 is 2.65 bits per heavy atom. The molecule has 26 heavy (non-hydrogen) atoms. The third-order valence-corrected chi connectivity index (χ3v) is 3.63. The quantitative estimate of drug-likeness (QED) is 0.390. The van der Waals surface area contributed by atoms with Gasteiger partial charge in [-0.15, -0.1) is 0 Å². The molecule has 2 aromatic carbocycles. The average molecular weight is 353 g/mol. The summed E-state index contributed by atoms with van der Waals surface area (Å²) in [6.45, 7) is -0.402. The van der Waals surface area contributed by atoms with Gasteiger partial charge in [-0.3, -0.25) is 19.5 Å². The van der Waals surface area contributed by atoms with Gasteiger partial charge in [0.25, 0.3) is 5.69 Å². The summed E-state index contributed by atoms with van der Waals surface area (Å²) in [5, 5.41) is 19.5. The van der Waals surface area contributed by atoms with E-state index >= 15 is 0 Å². The third kappa shape index (κ3) is 3.44. The van der Waals surface area contributed by atoms with Gasteiger partial charge in [0.05, 0.1) is 28.1 Å². The predicted octanol–water partition coefficient (Wildman–Crippen LogP) is 2.12. The summed E-state index contributed by atoms with van der Waals surface area (Å²) in [5.74, 6) is -1.48. The fourth-order valence-corrected chi connectivity index (χ4v) is 2.33. The highest BCUT2D eigenvalue weighted by Crippen LogP contribution is 2.20. The van der Waals surface area contributed by atoms with Gasteiger partial charge < -0.3 is 9.15 Å². The summed E-state index contributed by atoms with van der Waals surface area (Å²) in [7, 11) is 0. The predicted molar refractivity (Wildman–Crippen MR) is 88.1 cm³/mol. The molecule has 0 aliphatic rings. The summed E-state index contributed by atoms with van der Waals surface area (Å²) in [5.41, 5.74) is 1.24. The van der Waals surface area contributed by atoms with E-state index in [4.69, 9.17) is 14.4 Å². The van der Waals surface area contributed by atoms with Crippen LogP contribution in [0, 0.1) is 21.4 Å². The van der Waals surface area contributed by atoms with Crippen LogP contribution in [-0.2, 0) is 22.7 Å². The number of ether oxygens (including phenoxy) is 1. The fraction of sp³-hybridized carbons (Fsp3) is 0.118. The Kier molecular flexibility index (Phi) is 4.49. The van der Waals surface area contributed by atoms with Crippen LogP contribution in [0.15, 0.2) is 51.7 Å². The molecule has 0 saturated heterocycles. The Morgan fingerprint density at radius 1 is 1.27 bits per heavy atom. The number of carbonyl (C=O) groups excluding carboxylic acids is 1. The number of esters is 1. The molecule has 0 spiro atoms. The molecule has 0 amide bonds. The van der Waals surface area contributed by atoms with Crippen molar-refractivity contribution >= 4 is 22.8 Å². The zero-order chi connectivity index (χ0) is 18.7. The van der Waals surface area contributed by atoms with Crippen molar-refractivity contribution < 1.29 is 18.9 Å². The Morgan fingerprint density at radius 2 is 2.00 bits per heavy atom. The number of nitro benzene ring substituents is 1. The first-order valence-electron chi connectivity index (χ1n) is 7.40. The highest BCUT2D eigenvalue weighted by atomic mass is 16.6. The van der Waals surface area contributed by atoms with E-state index in [1.165, 1.54) is 12.1 Å². The SMILES string of the molecule is N#Cc1ccc(COC(=O)Cn2c(=O)oc3cc([N+](=O)[O-])ccc32)cc1. The third-order valence-electron chi connectivity index (χ3n) is 3.63. The first-order chi connectivity index (χ1) is 12.5. The smallest absolute Gasteiger partial charge is 0.420 e. The van der Waals surface area contributed by atoms with Crippen molar-refractivity contribution in [2.75, 3.05) is 0 Å². The second-order valence-corrected chi connectivity index (χ2v) is 5.33. The molecule has 0 saturated carbocycles. The average Bonchev–Trinajstić information content (AvgIpc) is 2.95. The van der Waals surface area contributed by atoms with Crippen LogP contribution in [0.25, 0.3) is 11.1 Å². The van der Waals surface area contributed by atoms with Gasteiger partial charge in [0.15, 0.2) is 5.58 Å². The van der Waals surface area contributed by atoms with Crippen molar-refractivity contribution in [2.45, 2.75) is 13.2 Å². The van der Waals surface area contributed by atoms with E-state index in [0.717, 1.165) is 10.6 Å². The highest BCUT2D eigenvalue weighted by molar-refractivity contribution is 5.78. The van der Waals surface area contributed by atoms with Crippen LogP contribution >= 0.6 is 0 Å². The summed E-state index contributed by atoms with van der Waals surface area (Å²) >= 11 is 0. The molecule has 0 bridgehead atoms. The van der Waals surface area contributed by atoms with Crippen LogP contribution in [0.2, 0.25) is 0 Å². The summed E-state index contributed by atoms with van der Waals surface area (Å²) < 4.78 is 11.1. The molecule has 0 aliphatic heterocycles. The molecule has 0 unspecified atom stereocenters. The Labute approximate surface area is 145 Å². The lowest BCUT2D eigenvalue weighted by Crippen LogP contribution is -2.21. The standard InChI is InChI=1S/C17H11N3O6/c18-8-11-1-3-12(4-2-11)10-25-16(21)9-19-14-6-5-13(20(23)24)7-15(14)26-17(19)22/h1-7H,9-10H2. The molecule has 0 N–H and O–H groups in total. The van der Waals surface area contributed by atoms with Crippen molar-refractivity contribution in [2.24, 2.45) is 0 Å². The lowest BCUT2D eigenvalue weighted by molar-refractivity contribution is -0.384. The Balaban J connectivity index is 1.72. The number of oxazole rings is 1. The molecular weight excluding hydrogens is 342 g/mol. The first kappa shape index (κ1) is 16.9. The van der Waals surface area contributed by atoms with E-state index in [1.807, 2.05) is 6.07 Å². The molecule has 1 heterocycles. The van der Waals surface area contributed by atoms with Crippen molar-refractivity contribution in [3.8, 4) is 6.07 Å². The van der Waals surface area contributed by atoms with Gasteiger partial charge in [0.2, 0.25) is 0 Å². The van der Waals surface area contributed by atoms with E-state index < -0.39 is 16.6 Å². The second kappa shape index (κ2) is 6.90. The van der Waals surface area contributed by atoms with E-state index in [2.05, 4.69) is 0 Å². The summed E-state index contributed by atoms with van der Waals surface area (Å²) in [6, 6.07) is 12.2. The maximum atomic E-state index is 12.0. The van der Waals surface area contributed by atoms with Crippen LogP contribution < -0.4 is 5.76 Å². The van der Waals surface area contributed by atoms with Crippen molar-refractivity contribution in [1.82, 2.24) is 4.57 Å². The first-order valence-corrected chi connectivity index (χ1v) is 7.40. The minimum Gasteiger partial charge on any atom is -0.459 e. The number of nitro groups is 1. The lowest BCUT2D eigenvalue weighted by atomic mass is 10.2. The van der Waals surface area contributed by atoms with Gasteiger partial charge >= 0.3 is 11.7 Å². The molecule has 130 valence electrons. The van der Waals surface area contributed by atoms with Crippen molar-refractivity contribution in [3.05, 3.63) is 74.3 Å². The molecule has 0 atom stereocenters. The number of hydrogen-bond donors (Lipinski definition) is 0. The molecule has 9 nitrogen and oxygen atoms in total. The van der Waals surface area contributed by atoms with Crippen molar-refractivity contribution in [3.63, 3.8) is 0 Å². The normalized spacial score (nSPS) is 10.4.